The number of esters is 1. The van der Waals surface area contributed by atoms with Crippen LogP contribution < -0.4 is 5.32 Å². The first-order valence-corrected chi connectivity index (χ1v) is 9.06. The molecular weight excluding hydrogens is 336 g/mol. The van der Waals surface area contributed by atoms with E-state index in [0.717, 1.165) is 11.1 Å². The molecule has 1 N–H and O–H groups in total. The van der Waals surface area contributed by atoms with E-state index in [1.165, 1.54) is 11.3 Å². The molecule has 2 rings (SSSR count). The summed E-state index contributed by atoms with van der Waals surface area (Å²) in [6.45, 7) is 6.27. The normalized spacial score (nSPS) is 12.0. The molecule has 134 valence electrons. The molecule has 25 heavy (non-hydrogen) atoms. The third-order valence-electron chi connectivity index (χ3n) is 3.98. The smallest absolute Gasteiger partial charge is 0.348 e. The van der Waals surface area contributed by atoms with Gasteiger partial charge in [-0.2, -0.15) is 0 Å². The number of nitrogens with one attached hydrogen (secondary N) is 1. The van der Waals surface area contributed by atoms with Gasteiger partial charge in [0.05, 0.1) is 18.2 Å². The second-order valence-corrected chi connectivity index (χ2v) is 6.95. The number of nitrogens with zero attached hydrogens (tertiary/aromatic N) is 1. The molecule has 1 atom stereocenters. The molecule has 1 heterocycles. The number of aryl methyl sites for hydroxylation is 1. The van der Waals surface area contributed by atoms with E-state index in [0.29, 0.717) is 16.5 Å². The SMILES string of the molecule is CCOC(=O)c1sc(NC(=O)CN(C)[C@H](C)c2ccccc2)cc1C. The molecule has 1 amide bonds. The summed E-state index contributed by atoms with van der Waals surface area (Å²) in [6.07, 6.45) is 0. The topological polar surface area (TPSA) is 58.6 Å². The van der Waals surface area contributed by atoms with Crippen molar-refractivity contribution in [3.8, 4) is 0 Å². The van der Waals surface area contributed by atoms with Crippen molar-refractivity contribution in [1.82, 2.24) is 4.90 Å². The summed E-state index contributed by atoms with van der Waals surface area (Å²) in [4.78, 5) is 26.7. The first-order valence-electron chi connectivity index (χ1n) is 8.25. The number of thiophene rings is 1. The van der Waals surface area contributed by atoms with E-state index in [1.54, 1.807) is 13.0 Å². The number of carbonyl (C=O) groups excluding carboxylic acids is 2. The van der Waals surface area contributed by atoms with Crippen LogP contribution in [0.1, 0.15) is 40.7 Å². The minimum atomic E-state index is -0.347. The first kappa shape index (κ1) is 19.1. The number of hydrogen-bond donors (Lipinski definition) is 1. The lowest BCUT2D eigenvalue weighted by molar-refractivity contribution is -0.117. The molecule has 0 aliphatic rings. The lowest BCUT2D eigenvalue weighted by Crippen LogP contribution is -2.32. The Labute approximate surface area is 152 Å². The van der Waals surface area contributed by atoms with E-state index in [2.05, 4.69) is 12.2 Å². The minimum absolute atomic E-state index is 0.109. The number of carbonyl (C=O) groups is 2. The van der Waals surface area contributed by atoms with Crippen LogP contribution in [0, 0.1) is 6.92 Å². The van der Waals surface area contributed by atoms with E-state index in [1.807, 2.05) is 49.2 Å². The molecule has 0 saturated heterocycles. The van der Waals surface area contributed by atoms with Crippen molar-refractivity contribution in [2.45, 2.75) is 26.8 Å². The standard InChI is InChI=1S/C19H24N2O3S/c1-5-24-19(23)18-13(2)11-17(25-18)20-16(22)12-21(4)14(3)15-9-7-6-8-10-15/h6-11,14H,5,12H2,1-4H3,(H,20,22)/t14-/m1/s1. The van der Waals surface area contributed by atoms with Crippen molar-refractivity contribution in [3.05, 3.63) is 52.4 Å². The van der Waals surface area contributed by atoms with Crippen molar-refractivity contribution in [1.29, 1.82) is 0 Å². The maximum absolute atomic E-state index is 12.3. The van der Waals surface area contributed by atoms with Gasteiger partial charge in [-0.3, -0.25) is 9.69 Å². The van der Waals surface area contributed by atoms with Gasteiger partial charge in [0.15, 0.2) is 0 Å². The van der Waals surface area contributed by atoms with Gasteiger partial charge >= 0.3 is 5.97 Å². The molecule has 2 aromatic rings. The number of ether oxygens (including phenoxy) is 1. The lowest BCUT2D eigenvalue weighted by atomic mass is 10.1. The fourth-order valence-corrected chi connectivity index (χ4v) is 3.45. The van der Waals surface area contributed by atoms with Gasteiger partial charge in [0.2, 0.25) is 5.91 Å². The fraction of sp³-hybridized carbons (Fsp3) is 0.368. The van der Waals surface area contributed by atoms with Crippen LogP contribution in [0.4, 0.5) is 5.00 Å². The van der Waals surface area contributed by atoms with Gasteiger partial charge in [-0.1, -0.05) is 30.3 Å². The third kappa shape index (κ3) is 5.14. The van der Waals surface area contributed by atoms with Crippen molar-refractivity contribution in [3.63, 3.8) is 0 Å². The third-order valence-corrected chi connectivity index (χ3v) is 5.11. The van der Waals surface area contributed by atoms with Crippen LogP contribution in [-0.4, -0.2) is 37.0 Å². The Morgan fingerprint density at radius 2 is 1.96 bits per heavy atom. The van der Waals surface area contributed by atoms with E-state index >= 15 is 0 Å². The molecule has 0 aliphatic heterocycles. The molecule has 0 aliphatic carbocycles. The van der Waals surface area contributed by atoms with Gasteiger partial charge < -0.3 is 10.1 Å². The molecule has 0 saturated carbocycles. The largest absolute Gasteiger partial charge is 0.462 e. The summed E-state index contributed by atoms with van der Waals surface area (Å²) in [6, 6.07) is 12.0. The Bertz CT molecular complexity index is 728. The Hall–Kier alpha value is -2.18. The molecule has 0 unspecified atom stereocenters. The quantitative estimate of drug-likeness (QED) is 0.762. The van der Waals surface area contributed by atoms with Gasteiger partial charge in [0.25, 0.3) is 0 Å². The highest BCUT2D eigenvalue weighted by atomic mass is 32.1. The highest BCUT2D eigenvalue weighted by molar-refractivity contribution is 7.18. The summed E-state index contributed by atoms with van der Waals surface area (Å²) in [5.41, 5.74) is 1.97. The lowest BCUT2D eigenvalue weighted by Gasteiger charge is -2.24. The van der Waals surface area contributed by atoms with Crippen LogP contribution in [-0.2, 0) is 9.53 Å². The van der Waals surface area contributed by atoms with Gasteiger partial charge in [-0.05, 0) is 45.0 Å². The van der Waals surface area contributed by atoms with Crippen LogP contribution >= 0.6 is 11.3 Å². The Balaban J connectivity index is 1.96. The van der Waals surface area contributed by atoms with Crippen LogP contribution in [0.5, 0.6) is 0 Å². The van der Waals surface area contributed by atoms with Gasteiger partial charge in [0, 0.05) is 6.04 Å². The summed E-state index contributed by atoms with van der Waals surface area (Å²) < 4.78 is 5.02. The van der Waals surface area contributed by atoms with Gasteiger partial charge in [0.1, 0.15) is 4.88 Å². The van der Waals surface area contributed by atoms with Crippen LogP contribution in [0.25, 0.3) is 0 Å². The van der Waals surface area contributed by atoms with Crippen LogP contribution in [0.15, 0.2) is 36.4 Å². The fourth-order valence-electron chi connectivity index (χ4n) is 2.47. The predicted molar refractivity (Wildman–Crippen MR) is 101 cm³/mol. The zero-order valence-electron chi connectivity index (χ0n) is 15.0. The van der Waals surface area contributed by atoms with Crippen molar-refractivity contribution in [2.24, 2.45) is 0 Å². The number of anilines is 1. The Morgan fingerprint density at radius 1 is 1.28 bits per heavy atom. The maximum atomic E-state index is 12.3. The second-order valence-electron chi connectivity index (χ2n) is 5.89. The van der Waals surface area contributed by atoms with Crippen LogP contribution in [0.2, 0.25) is 0 Å². The van der Waals surface area contributed by atoms with E-state index in [4.69, 9.17) is 4.74 Å². The molecule has 5 nitrogen and oxygen atoms in total. The Morgan fingerprint density at radius 3 is 2.60 bits per heavy atom. The molecule has 0 bridgehead atoms. The molecule has 1 aromatic carbocycles. The average molecular weight is 360 g/mol. The molecule has 0 spiro atoms. The summed E-state index contributed by atoms with van der Waals surface area (Å²) >= 11 is 1.24. The minimum Gasteiger partial charge on any atom is -0.462 e. The highest BCUT2D eigenvalue weighted by Crippen LogP contribution is 2.27. The van der Waals surface area contributed by atoms with Crippen LogP contribution in [0.3, 0.4) is 0 Å². The molecule has 6 heteroatoms. The predicted octanol–water partition coefficient (Wildman–Crippen LogP) is 3.86. The van der Waals surface area contributed by atoms with E-state index < -0.39 is 0 Å². The summed E-state index contributed by atoms with van der Waals surface area (Å²) in [5.74, 6) is -0.456. The summed E-state index contributed by atoms with van der Waals surface area (Å²) in [5, 5.41) is 3.53. The Kier molecular flexibility index (Phi) is 6.73. The van der Waals surface area contributed by atoms with Crippen molar-refractivity contribution < 1.29 is 14.3 Å². The highest BCUT2D eigenvalue weighted by Gasteiger charge is 2.18. The number of amides is 1. The molecule has 1 aromatic heterocycles. The van der Waals surface area contributed by atoms with E-state index in [9.17, 15) is 9.59 Å². The van der Waals surface area contributed by atoms with E-state index in [-0.39, 0.29) is 24.5 Å². The number of hydrogen-bond acceptors (Lipinski definition) is 5. The average Bonchev–Trinajstić information content (AvgIpc) is 2.95. The van der Waals surface area contributed by atoms with Gasteiger partial charge in [-0.15, -0.1) is 11.3 Å². The van der Waals surface area contributed by atoms with Crippen molar-refractivity contribution >= 4 is 28.2 Å². The zero-order chi connectivity index (χ0) is 18.4. The van der Waals surface area contributed by atoms with Gasteiger partial charge in [-0.25, -0.2) is 4.79 Å². The molecular formula is C19H24N2O3S. The zero-order valence-corrected chi connectivity index (χ0v) is 15.9. The first-order chi connectivity index (χ1) is 11.9. The molecule has 0 radical (unpaired) electrons. The van der Waals surface area contributed by atoms with Crippen molar-refractivity contribution in [2.75, 3.05) is 25.5 Å². The number of rotatable bonds is 7. The second kappa shape index (κ2) is 8.78. The summed E-state index contributed by atoms with van der Waals surface area (Å²) in [7, 11) is 1.92. The monoisotopic (exact) mass is 360 g/mol. The maximum Gasteiger partial charge on any atom is 0.348 e. The molecule has 0 fully saturated rings. The number of benzene rings is 1. The number of likely N-dealkylation sites (N-methyl/N-ethyl adjacent to an activating group) is 1.